The molecule has 0 radical (unpaired) electrons. The van der Waals surface area contributed by atoms with Crippen molar-refractivity contribution >= 4 is 59.9 Å². The van der Waals surface area contributed by atoms with Crippen molar-refractivity contribution in [1.82, 2.24) is 4.98 Å². The molecule has 1 aromatic carbocycles. The van der Waals surface area contributed by atoms with Gasteiger partial charge in [0, 0.05) is 4.47 Å². The Bertz CT molecular complexity index is 807. The van der Waals surface area contributed by atoms with Gasteiger partial charge in [-0.3, -0.25) is 10.1 Å². The van der Waals surface area contributed by atoms with Crippen LogP contribution in [-0.4, -0.2) is 10.9 Å². The van der Waals surface area contributed by atoms with Crippen molar-refractivity contribution in [2.75, 3.05) is 5.32 Å². The van der Waals surface area contributed by atoms with Crippen LogP contribution in [0.3, 0.4) is 0 Å². The van der Waals surface area contributed by atoms with Gasteiger partial charge in [-0.15, -0.1) is 11.3 Å². The molecule has 3 aromatic rings. The van der Waals surface area contributed by atoms with Crippen molar-refractivity contribution in [3.8, 4) is 0 Å². The maximum absolute atomic E-state index is 12.2. The highest BCUT2D eigenvalue weighted by atomic mass is 79.9. The van der Waals surface area contributed by atoms with Crippen molar-refractivity contribution in [2.45, 2.75) is 13.8 Å². The van der Waals surface area contributed by atoms with Crippen molar-refractivity contribution in [1.29, 1.82) is 0 Å². The van der Waals surface area contributed by atoms with Crippen LogP contribution in [0.25, 0.3) is 10.2 Å². The lowest BCUT2D eigenvalue weighted by molar-refractivity contribution is 0.103. The van der Waals surface area contributed by atoms with Gasteiger partial charge in [0.2, 0.25) is 0 Å². The molecule has 0 aliphatic heterocycles. The Morgan fingerprint density at radius 1 is 1.35 bits per heavy atom. The molecule has 20 heavy (non-hydrogen) atoms. The molecule has 102 valence electrons. The van der Waals surface area contributed by atoms with Crippen LogP contribution in [0.2, 0.25) is 0 Å². The van der Waals surface area contributed by atoms with Crippen molar-refractivity contribution in [3.05, 3.63) is 44.1 Å². The number of amides is 1. The molecule has 3 rings (SSSR count). The van der Waals surface area contributed by atoms with E-state index in [9.17, 15) is 4.79 Å². The summed E-state index contributed by atoms with van der Waals surface area (Å²) >= 11 is 6.28. The Balaban J connectivity index is 1.94. The number of aryl methyl sites for hydroxylation is 2. The molecule has 0 atom stereocenters. The van der Waals surface area contributed by atoms with Gasteiger partial charge in [-0.05, 0) is 58.4 Å². The summed E-state index contributed by atoms with van der Waals surface area (Å²) in [5.74, 6) is -0.125. The Morgan fingerprint density at radius 3 is 2.85 bits per heavy atom. The second kappa shape index (κ2) is 5.27. The first-order valence-electron chi connectivity index (χ1n) is 5.97. The fraction of sp³-hybridized carbons (Fsp3) is 0.143. The summed E-state index contributed by atoms with van der Waals surface area (Å²) in [6, 6.07) is 6.06. The fourth-order valence-electron chi connectivity index (χ4n) is 2.03. The lowest BCUT2D eigenvalue weighted by Crippen LogP contribution is -2.10. The minimum atomic E-state index is -0.125. The zero-order valence-corrected chi connectivity index (χ0v) is 14.1. The van der Waals surface area contributed by atoms with Gasteiger partial charge in [-0.1, -0.05) is 17.4 Å². The lowest BCUT2D eigenvalue weighted by atomic mass is 10.1. The van der Waals surface area contributed by atoms with Crippen LogP contribution < -0.4 is 5.32 Å². The van der Waals surface area contributed by atoms with E-state index < -0.39 is 0 Å². The van der Waals surface area contributed by atoms with E-state index in [4.69, 9.17) is 0 Å². The van der Waals surface area contributed by atoms with Gasteiger partial charge in [0.05, 0.1) is 10.2 Å². The van der Waals surface area contributed by atoms with Gasteiger partial charge in [0.1, 0.15) is 4.88 Å². The first-order valence-corrected chi connectivity index (χ1v) is 8.45. The van der Waals surface area contributed by atoms with Crippen molar-refractivity contribution < 1.29 is 4.79 Å². The van der Waals surface area contributed by atoms with E-state index in [1.54, 1.807) is 0 Å². The van der Waals surface area contributed by atoms with Crippen LogP contribution >= 0.6 is 38.6 Å². The maximum atomic E-state index is 12.2. The zero-order chi connectivity index (χ0) is 14.3. The molecule has 1 N–H and O–H groups in total. The van der Waals surface area contributed by atoms with Gasteiger partial charge in [0.15, 0.2) is 5.13 Å². The van der Waals surface area contributed by atoms with E-state index in [-0.39, 0.29) is 5.91 Å². The number of carbonyl (C=O) groups is 1. The molecule has 0 aliphatic carbocycles. The van der Waals surface area contributed by atoms with E-state index in [1.807, 2.05) is 18.4 Å². The molecule has 0 saturated heterocycles. The molecular formula is C14H11BrN2OS2. The average Bonchev–Trinajstić information content (AvgIpc) is 2.95. The third-order valence-corrected chi connectivity index (χ3v) is 5.63. The quantitative estimate of drug-likeness (QED) is 0.693. The number of hydrogen-bond acceptors (Lipinski definition) is 4. The summed E-state index contributed by atoms with van der Waals surface area (Å²) in [4.78, 5) is 17.3. The number of rotatable bonds is 2. The molecule has 3 nitrogen and oxygen atoms in total. The predicted octanol–water partition coefficient (Wildman–Crippen LogP) is 4.99. The average molecular weight is 367 g/mol. The number of thiazole rings is 1. The number of nitrogens with zero attached hydrogens (tertiary/aromatic N) is 1. The van der Waals surface area contributed by atoms with Gasteiger partial charge in [-0.2, -0.15) is 0 Å². The highest BCUT2D eigenvalue weighted by molar-refractivity contribution is 9.10. The minimum Gasteiger partial charge on any atom is -0.297 e. The molecule has 2 heterocycles. The second-order valence-electron chi connectivity index (χ2n) is 4.50. The monoisotopic (exact) mass is 366 g/mol. The first kappa shape index (κ1) is 13.7. The summed E-state index contributed by atoms with van der Waals surface area (Å²) in [6.45, 7) is 4.10. The topological polar surface area (TPSA) is 42.0 Å². The number of carbonyl (C=O) groups excluding carboxylic acids is 1. The van der Waals surface area contributed by atoms with Crippen LogP contribution in [-0.2, 0) is 0 Å². The van der Waals surface area contributed by atoms with Crippen molar-refractivity contribution in [3.63, 3.8) is 0 Å². The maximum Gasteiger partial charge on any atom is 0.268 e. The Labute approximate surface area is 132 Å². The zero-order valence-electron chi connectivity index (χ0n) is 10.9. The fourth-order valence-corrected chi connectivity index (χ4v) is 4.52. The summed E-state index contributed by atoms with van der Waals surface area (Å²) in [5, 5.41) is 5.39. The smallest absolute Gasteiger partial charge is 0.268 e. The lowest BCUT2D eigenvalue weighted by Gasteiger charge is -1.98. The van der Waals surface area contributed by atoms with Crippen LogP contribution in [0, 0.1) is 13.8 Å². The number of thiophene rings is 1. The molecule has 0 aliphatic rings. The Kier molecular flexibility index (Phi) is 3.62. The van der Waals surface area contributed by atoms with E-state index in [1.165, 1.54) is 28.2 Å². The van der Waals surface area contributed by atoms with E-state index in [0.717, 1.165) is 20.3 Å². The molecule has 2 aromatic heterocycles. The van der Waals surface area contributed by atoms with E-state index in [2.05, 4.69) is 45.3 Å². The van der Waals surface area contributed by atoms with Crippen LogP contribution in [0.15, 0.2) is 28.1 Å². The molecule has 0 unspecified atom stereocenters. The second-order valence-corrected chi connectivity index (χ2v) is 7.30. The number of benzene rings is 1. The number of fused-ring (bicyclic) bond motifs is 1. The molecule has 0 fully saturated rings. The summed E-state index contributed by atoms with van der Waals surface area (Å²) in [5.41, 5.74) is 3.30. The minimum absolute atomic E-state index is 0.125. The first-order chi connectivity index (χ1) is 9.54. The molecule has 1 amide bonds. The molecule has 6 heteroatoms. The molecule has 0 saturated carbocycles. The molecular weight excluding hydrogens is 356 g/mol. The molecule has 0 bridgehead atoms. The Morgan fingerprint density at radius 2 is 2.15 bits per heavy atom. The normalized spacial score (nSPS) is 10.9. The summed E-state index contributed by atoms with van der Waals surface area (Å²) < 4.78 is 1.91. The third kappa shape index (κ3) is 2.51. The van der Waals surface area contributed by atoms with E-state index >= 15 is 0 Å². The number of nitrogens with one attached hydrogen (secondary N) is 1. The number of halogens is 1. The van der Waals surface area contributed by atoms with Gasteiger partial charge in [0.25, 0.3) is 5.91 Å². The third-order valence-electron chi connectivity index (χ3n) is 2.87. The molecule has 0 spiro atoms. The van der Waals surface area contributed by atoms with E-state index in [0.29, 0.717) is 10.0 Å². The van der Waals surface area contributed by atoms with Gasteiger partial charge >= 0.3 is 0 Å². The number of anilines is 1. The number of hydrogen-bond donors (Lipinski definition) is 1. The van der Waals surface area contributed by atoms with Crippen LogP contribution in [0.1, 0.15) is 20.8 Å². The SMILES string of the molecule is Cc1cc(C)c2nc(NC(=O)c3sccc3Br)sc2c1. The van der Waals surface area contributed by atoms with Gasteiger partial charge < -0.3 is 0 Å². The Hall–Kier alpha value is -1.24. The predicted molar refractivity (Wildman–Crippen MR) is 89.1 cm³/mol. The largest absolute Gasteiger partial charge is 0.297 e. The summed E-state index contributed by atoms with van der Waals surface area (Å²) in [7, 11) is 0. The number of aromatic nitrogens is 1. The highest BCUT2D eigenvalue weighted by Crippen LogP contribution is 2.30. The highest BCUT2D eigenvalue weighted by Gasteiger charge is 2.14. The standard InChI is InChI=1S/C14H11BrN2OS2/c1-7-5-8(2)11-10(6-7)20-14(16-11)17-13(18)12-9(15)3-4-19-12/h3-6H,1-2H3,(H,16,17,18). The van der Waals surface area contributed by atoms with Crippen molar-refractivity contribution in [2.24, 2.45) is 0 Å². The van der Waals surface area contributed by atoms with Gasteiger partial charge in [-0.25, -0.2) is 4.98 Å². The van der Waals surface area contributed by atoms with Crippen LogP contribution in [0.5, 0.6) is 0 Å². The van der Waals surface area contributed by atoms with Crippen LogP contribution in [0.4, 0.5) is 5.13 Å². The summed E-state index contributed by atoms with van der Waals surface area (Å²) in [6.07, 6.45) is 0.